The van der Waals surface area contributed by atoms with Crippen LogP contribution in [-0.2, 0) is 6.42 Å². The number of aryl methyl sites for hydroxylation is 1. The molecule has 1 N–H and O–H groups in total. The number of aliphatic hydroxyl groups excluding tert-OH is 1. The van der Waals surface area contributed by atoms with Crippen LogP contribution in [0, 0.1) is 5.82 Å². The molecule has 1 aromatic carbocycles. The van der Waals surface area contributed by atoms with E-state index in [-0.39, 0.29) is 18.5 Å². The van der Waals surface area contributed by atoms with Gasteiger partial charge in [-0.05, 0) is 36.6 Å². The van der Waals surface area contributed by atoms with Crippen LogP contribution in [0.15, 0.2) is 18.2 Å². The molecule has 0 fully saturated rings. The van der Waals surface area contributed by atoms with Gasteiger partial charge >= 0.3 is 0 Å². The maximum Gasteiger partial charge on any atom is 0.123 e. The molecule has 0 saturated carbocycles. The van der Waals surface area contributed by atoms with E-state index in [1.807, 2.05) is 0 Å². The van der Waals surface area contributed by atoms with Crippen molar-refractivity contribution in [2.75, 3.05) is 6.61 Å². The molecule has 2 nitrogen and oxygen atoms in total. The SMILES string of the molecule is OCC[C@@H]1CCc2cc(F)ccc2O1. The van der Waals surface area contributed by atoms with Crippen LogP contribution in [0.1, 0.15) is 18.4 Å². The molecule has 0 saturated heterocycles. The Balaban J connectivity index is 2.15. The van der Waals surface area contributed by atoms with Gasteiger partial charge in [-0.15, -0.1) is 0 Å². The zero-order valence-electron chi connectivity index (χ0n) is 7.87. The Kier molecular flexibility index (Phi) is 2.68. The third kappa shape index (κ3) is 1.87. The predicted octanol–water partition coefficient (Wildman–Crippen LogP) is 1.90. The number of halogens is 1. The van der Waals surface area contributed by atoms with Crippen molar-refractivity contribution < 1.29 is 14.2 Å². The smallest absolute Gasteiger partial charge is 0.123 e. The number of rotatable bonds is 2. The molecule has 0 spiro atoms. The second-order valence-electron chi connectivity index (χ2n) is 3.54. The molecule has 2 rings (SSSR count). The molecular weight excluding hydrogens is 183 g/mol. The van der Waals surface area contributed by atoms with E-state index >= 15 is 0 Å². The highest BCUT2D eigenvalue weighted by Crippen LogP contribution is 2.28. The summed E-state index contributed by atoms with van der Waals surface area (Å²) in [5.74, 6) is 0.545. The molecule has 0 unspecified atom stereocenters. The van der Waals surface area contributed by atoms with E-state index in [1.54, 1.807) is 6.07 Å². The van der Waals surface area contributed by atoms with Crippen LogP contribution in [0.25, 0.3) is 0 Å². The third-order valence-electron chi connectivity index (χ3n) is 2.50. The molecule has 1 aliphatic rings. The maximum atomic E-state index is 12.8. The average molecular weight is 196 g/mol. The Morgan fingerprint density at radius 2 is 2.36 bits per heavy atom. The van der Waals surface area contributed by atoms with Gasteiger partial charge in [-0.3, -0.25) is 0 Å². The predicted molar refractivity (Wildman–Crippen MR) is 50.8 cm³/mol. The number of hydrogen-bond acceptors (Lipinski definition) is 2. The fraction of sp³-hybridized carbons (Fsp3) is 0.455. The minimum absolute atomic E-state index is 0.0814. The summed E-state index contributed by atoms with van der Waals surface area (Å²) in [5, 5.41) is 8.77. The molecule has 0 amide bonds. The van der Waals surface area contributed by atoms with Gasteiger partial charge in [-0.2, -0.15) is 0 Å². The number of fused-ring (bicyclic) bond motifs is 1. The minimum atomic E-state index is -0.215. The fourth-order valence-electron chi connectivity index (χ4n) is 1.76. The van der Waals surface area contributed by atoms with Crippen LogP contribution in [0.3, 0.4) is 0 Å². The van der Waals surface area contributed by atoms with E-state index in [0.717, 1.165) is 24.2 Å². The monoisotopic (exact) mass is 196 g/mol. The number of aliphatic hydroxyl groups is 1. The van der Waals surface area contributed by atoms with Gasteiger partial charge in [0.2, 0.25) is 0 Å². The van der Waals surface area contributed by atoms with Gasteiger partial charge in [0.1, 0.15) is 17.7 Å². The first kappa shape index (κ1) is 9.46. The third-order valence-corrected chi connectivity index (χ3v) is 2.50. The second-order valence-corrected chi connectivity index (χ2v) is 3.54. The lowest BCUT2D eigenvalue weighted by molar-refractivity contribution is 0.133. The highest BCUT2D eigenvalue weighted by molar-refractivity contribution is 5.35. The lowest BCUT2D eigenvalue weighted by Gasteiger charge is -2.25. The Morgan fingerprint density at radius 3 is 3.14 bits per heavy atom. The summed E-state index contributed by atoms with van der Waals surface area (Å²) in [7, 11) is 0. The summed E-state index contributed by atoms with van der Waals surface area (Å²) in [6, 6.07) is 4.58. The molecule has 1 aromatic rings. The van der Waals surface area contributed by atoms with Crippen LogP contribution >= 0.6 is 0 Å². The molecule has 1 atom stereocenters. The Morgan fingerprint density at radius 1 is 1.50 bits per heavy atom. The molecule has 0 bridgehead atoms. The average Bonchev–Trinajstić information content (AvgIpc) is 2.19. The van der Waals surface area contributed by atoms with Crippen LogP contribution < -0.4 is 4.74 Å². The zero-order chi connectivity index (χ0) is 9.97. The lowest BCUT2D eigenvalue weighted by atomic mass is 10.0. The molecule has 3 heteroatoms. The summed E-state index contributed by atoms with van der Waals surface area (Å²) in [6.45, 7) is 0.140. The van der Waals surface area contributed by atoms with E-state index in [9.17, 15) is 4.39 Å². The largest absolute Gasteiger partial charge is 0.490 e. The van der Waals surface area contributed by atoms with Gasteiger partial charge in [-0.25, -0.2) is 4.39 Å². The van der Waals surface area contributed by atoms with Crippen molar-refractivity contribution in [3.05, 3.63) is 29.6 Å². The second kappa shape index (κ2) is 3.96. The van der Waals surface area contributed by atoms with Crippen molar-refractivity contribution in [2.24, 2.45) is 0 Å². The molecule has 76 valence electrons. The van der Waals surface area contributed by atoms with E-state index in [0.29, 0.717) is 6.42 Å². The van der Waals surface area contributed by atoms with Crippen molar-refractivity contribution in [1.82, 2.24) is 0 Å². The van der Waals surface area contributed by atoms with Gasteiger partial charge in [0.15, 0.2) is 0 Å². The van der Waals surface area contributed by atoms with Crippen LogP contribution in [-0.4, -0.2) is 17.8 Å². The summed E-state index contributed by atoms with van der Waals surface area (Å²) in [6.07, 6.45) is 2.42. The van der Waals surface area contributed by atoms with E-state index in [1.165, 1.54) is 12.1 Å². The highest BCUT2D eigenvalue weighted by Gasteiger charge is 2.19. The summed E-state index contributed by atoms with van der Waals surface area (Å²) < 4.78 is 18.4. The van der Waals surface area contributed by atoms with Gasteiger partial charge in [0, 0.05) is 13.0 Å². The van der Waals surface area contributed by atoms with Crippen molar-refractivity contribution in [2.45, 2.75) is 25.4 Å². The first-order chi connectivity index (χ1) is 6.79. The zero-order valence-corrected chi connectivity index (χ0v) is 7.87. The summed E-state index contributed by atoms with van der Waals surface area (Å²) >= 11 is 0. The molecule has 14 heavy (non-hydrogen) atoms. The molecule has 0 aliphatic carbocycles. The molecule has 0 aromatic heterocycles. The topological polar surface area (TPSA) is 29.5 Å². The number of hydrogen-bond donors (Lipinski definition) is 1. The Hall–Kier alpha value is -1.09. The highest BCUT2D eigenvalue weighted by atomic mass is 19.1. The van der Waals surface area contributed by atoms with E-state index in [4.69, 9.17) is 9.84 Å². The standard InChI is InChI=1S/C11H13FO2/c12-9-2-4-11-8(7-9)1-3-10(14-11)5-6-13/h2,4,7,10,13H,1,3,5-6H2/t10-/m0/s1. The van der Waals surface area contributed by atoms with Gasteiger partial charge in [0.05, 0.1) is 0 Å². The molecule has 0 radical (unpaired) electrons. The normalized spacial score (nSPS) is 20.0. The first-order valence-electron chi connectivity index (χ1n) is 4.85. The first-order valence-corrected chi connectivity index (χ1v) is 4.85. The Labute approximate surface area is 82.3 Å². The van der Waals surface area contributed by atoms with Crippen molar-refractivity contribution >= 4 is 0 Å². The number of ether oxygens (including phenoxy) is 1. The fourth-order valence-corrected chi connectivity index (χ4v) is 1.76. The van der Waals surface area contributed by atoms with Crippen LogP contribution in [0.4, 0.5) is 4.39 Å². The van der Waals surface area contributed by atoms with Gasteiger partial charge < -0.3 is 9.84 Å². The van der Waals surface area contributed by atoms with Crippen molar-refractivity contribution in [3.8, 4) is 5.75 Å². The van der Waals surface area contributed by atoms with E-state index in [2.05, 4.69) is 0 Å². The van der Waals surface area contributed by atoms with Crippen molar-refractivity contribution in [1.29, 1.82) is 0 Å². The molecule has 1 heterocycles. The maximum absolute atomic E-state index is 12.8. The summed E-state index contributed by atoms with van der Waals surface area (Å²) in [5.41, 5.74) is 0.930. The minimum Gasteiger partial charge on any atom is -0.490 e. The van der Waals surface area contributed by atoms with Crippen LogP contribution in [0.2, 0.25) is 0 Å². The number of benzene rings is 1. The molecule has 1 aliphatic heterocycles. The quantitative estimate of drug-likeness (QED) is 0.782. The van der Waals surface area contributed by atoms with Crippen molar-refractivity contribution in [3.63, 3.8) is 0 Å². The van der Waals surface area contributed by atoms with Gasteiger partial charge in [-0.1, -0.05) is 0 Å². The Bertz CT molecular complexity index is 325. The molecular formula is C11H13FO2. The van der Waals surface area contributed by atoms with Crippen LogP contribution in [0.5, 0.6) is 5.75 Å². The van der Waals surface area contributed by atoms with E-state index < -0.39 is 0 Å². The lowest BCUT2D eigenvalue weighted by Crippen LogP contribution is -2.23. The van der Waals surface area contributed by atoms with Gasteiger partial charge in [0.25, 0.3) is 0 Å². The summed E-state index contributed by atoms with van der Waals surface area (Å²) in [4.78, 5) is 0.